The van der Waals surface area contributed by atoms with Crippen LogP contribution in [0.5, 0.6) is 0 Å². The fraction of sp³-hybridized carbons (Fsp3) is 0.833. The molecular weight excluding hydrogens is 204 g/mol. The van der Waals surface area contributed by atoms with Gasteiger partial charge in [0.2, 0.25) is 5.91 Å². The number of unbranched alkanes of at least 4 members (excludes halogenated alkanes) is 2. The van der Waals surface area contributed by atoms with Gasteiger partial charge in [0.05, 0.1) is 0 Å². The van der Waals surface area contributed by atoms with Gasteiger partial charge in [0.1, 0.15) is 0 Å². The van der Waals surface area contributed by atoms with Gasteiger partial charge in [0.25, 0.3) is 0 Å². The van der Waals surface area contributed by atoms with Crippen LogP contribution < -0.4 is 5.32 Å². The number of hydrogen-bond acceptors (Lipinski definition) is 2. The Morgan fingerprint density at radius 2 is 2.12 bits per heavy atom. The Hall–Kier alpha value is -1.06. The second-order valence-corrected chi connectivity index (χ2v) is 4.30. The first-order valence-electron chi connectivity index (χ1n) is 6.34. The summed E-state index contributed by atoms with van der Waals surface area (Å²) in [7, 11) is 0. The molecule has 1 N–H and O–H groups in total. The van der Waals surface area contributed by atoms with Gasteiger partial charge in [-0.25, -0.2) is 4.79 Å². The van der Waals surface area contributed by atoms with Gasteiger partial charge in [-0.2, -0.15) is 0 Å². The van der Waals surface area contributed by atoms with Crippen molar-refractivity contribution in [2.24, 2.45) is 0 Å². The molecule has 1 aliphatic heterocycles. The highest BCUT2D eigenvalue weighted by Gasteiger charge is 2.22. The molecule has 1 aliphatic rings. The van der Waals surface area contributed by atoms with Crippen LogP contribution in [0.2, 0.25) is 0 Å². The second-order valence-electron chi connectivity index (χ2n) is 4.30. The predicted octanol–water partition coefficient (Wildman–Crippen LogP) is 2.29. The molecule has 4 nitrogen and oxygen atoms in total. The van der Waals surface area contributed by atoms with Crippen molar-refractivity contribution in [2.45, 2.75) is 51.9 Å². The lowest BCUT2D eigenvalue weighted by Crippen LogP contribution is -2.43. The Bertz CT molecular complexity index is 241. The minimum atomic E-state index is -0.206. The van der Waals surface area contributed by atoms with Gasteiger partial charge in [-0.05, 0) is 19.3 Å². The number of amides is 3. The molecule has 0 aliphatic carbocycles. The summed E-state index contributed by atoms with van der Waals surface area (Å²) in [6.07, 6.45) is 6.66. The van der Waals surface area contributed by atoms with E-state index in [1.807, 2.05) is 0 Å². The summed E-state index contributed by atoms with van der Waals surface area (Å²) in [6.45, 7) is 3.38. The van der Waals surface area contributed by atoms with E-state index in [4.69, 9.17) is 0 Å². The maximum atomic E-state index is 11.7. The first kappa shape index (κ1) is 13.0. The first-order valence-corrected chi connectivity index (χ1v) is 6.34. The summed E-state index contributed by atoms with van der Waals surface area (Å²) in [5, 5.41) is 2.81. The van der Waals surface area contributed by atoms with E-state index in [0.717, 1.165) is 38.5 Å². The molecule has 0 radical (unpaired) electrons. The number of imide groups is 1. The Balaban J connectivity index is 2.30. The Kier molecular flexibility index (Phi) is 5.90. The van der Waals surface area contributed by atoms with Gasteiger partial charge in [-0.15, -0.1) is 0 Å². The molecule has 3 amide bonds. The van der Waals surface area contributed by atoms with E-state index >= 15 is 0 Å². The lowest BCUT2D eigenvalue weighted by molar-refractivity contribution is -0.127. The van der Waals surface area contributed by atoms with Crippen molar-refractivity contribution in [3.05, 3.63) is 0 Å². The maximum absolute atomic E-state index is 11.7. The number of nitrogens with zero attached hydrogens (tertiary/aromatic N) is 1. The molecule has 1 heterocycles. The van der Waals surface area contributed by atoms with E-state index in [1.165, 1.54) is 4.90 Å². The predicted molar refractivity (Wildman–Crippen MR) is 63.1 cm³/mol. The van der Waals surface area contributed by atoms with E-state index in [2.05, 4.69) is 12.2 Å². The summed E-state index contributed by atoms with van der Waals surface area (Å²) in [6, 6.07) is -0.206. The average molecular weight is 226 g/mol. The van der Waals surface area contributed by atoms with Gasteiger partial charge < -0.3 is 5.32 Å². The van der Waals surface area contributed by atoms with Gasteiger partial charge in [-0.3, -0.25) is 9.69 Å². The van der Waals surface area contributed by atoms with Crippen LogP contribution in [-0.2, 0) is 4.79 Å². The lowest BCUT2D eigenvalue weighted by Gasteiger charge is -2.18. The Morgan fingerprint density at radius 3 is 2.88 bits per heavy atom. The SMILES string of the molecule is CCCCCNC(=O)N1CCCCCC1=O. The molecule has 0 bridgehead atoms. The average Bonchev–Trinajstić information content (AvgIpc) is 2.49. The molecule has 0 aromatic carbocycles. The highest BCUT2D eigenvalue weighted by atomic mass is 16.2. The molecule has 1 saturated heterocycles. The third-order valence-electron chi connectivity index (χ3n) is 2.88. The Morgan fingerprint density at radius 1 is 1.31 bits per heavy atom. The van der Waals surface area contributed by atoms with Gasteiger partial charge in [0, 0.05) is 19.5 Å². The van der Waals surface area contributed by atoms with Crippen LogP contribution in [0.4, 0.5) is 4.79 Å². The molecule has 0 aromatic rings. The highest BCUT2D eigenvalue weighted by molar-refractivity contribution is 5.94. The normalized spacial score (nSPS) is 17.1. The molecule has 16 heavy (non-hydrogen) atoms. The number of carbonyl (C=O) groups is 2. The Labute approximate surface area is 97.4 Å². The summed E-state index contributed by atoms with van der Waals surface area (Å²) in [5.74, 6) is -0.0227. The summed E-state index contributed by atoms with van der Waals surface area (Å²) in [4.78, 5) is 24.7. The van der Waals surface area contributed by atoms with Gasteiger partial charge in [-0.1, -0.05) is 26.2 Å². The van der Waals surface area contributed by atoms with Crippen molar-refractivity contribution < 1.29 is 9.59 Å². The van der Waals surface area contributed by atoms with E-state index in [-0.39, 0.29) is 11.9 Å². The molecule has 1 fully saturated rings. The minimum absolute atomic E-state index is 0.0227. The fourth-order valence-electron chi connectivity index (χ4n) is 1.86. The zero-order chi connectivity index (χ0) is 11.8. The topological polar surface area (TPSA) is 49.4 Å². The van der Waals surface area contributed by atoms with Crippen LogP contribution in [0.3, 0.4) is 0 Å². The quantitative estimate of drug-likeness (QED) is 0.748. The van der Waals surface area contributed by atoms with Crippen molar-refractivity contribution in [2.75, 3.05) is 13.1 Å². The number of rotatable bonds is 4. The zero-order valence-corrected chi connectivity index (χ0v) is 10.1. The number of likely N-dealkylation sites (tertiary alicyclic amines) is 1. The van der Waals surface area contributed by atoms with Crippen molar-refractivity contribution in [3.8, 4) is 0 Å². The monoisotopic (exact) mass is 226 g/mol. The van der Waals surface area contributed by atoms with E-state index < -0.39 is 0 Å². The molecule has 4 heteroatoms. The van der Waals surface area contributed by atoms with E-state index in [0.29, 0.717) is 19.5 Å². The van der Waals surface area contributed by atoms with Crippen LogP contribution in [0.1, 0.15) is 51.9 Å². The van der Waals surface area contributed by atoms with Crippen LogP contribution in [0.15, 0.2) is 0 Å². The molecule has 0 saturated carbocycles. The molecule has 1 rings (SSSR count). The summed E-state index contributed by atoms with van der Waals surface area (Å²) < 4.78 is 0. The van der Waals surface area contributed by atoms with Gasteiger partial charge >= 0.3 is 6.03 Å². The van der Waals surface area contributed by atoms with Crippen molar-refractivity contribution >= 4 is 11.9 Å². The molecule has 92 valence electrons. The highest BCUT2D eigenvalue weighted by Crippen LogP contribution is 2.11. The summed E-state index contributed by atoms with van der Waals surface area (Å²) >= 11 is 0. The number of hydrogen-bond donors (Lipinski definition) is 1. The van der Waals surface area contributed by atoms with Crippen molar-refractivity contribution in [3.63, 3.8) is 0 Å². The van der Waals surface area contributed by atoms with Gasteiger partial charge in [0.15, 0.2) is 0 Å². The van der Waals surface area contributed by atoms with Crippen molar-refractivity contribution in [1.29, 1.82) is 0 Å². The third-order valence-corrected chi connectivity index (χ3v) is 2.88. The molecule has 0 atom stereocenters. The summed E-state index contributed by atoms with van der Waals surface area (Å²) in [5.41, 5.74) is 0. The van der Waals surface area contributed by atoms with Crippen molar-refractivity contribution in [1.82, 2.24) is 10.2 Å². The van der Waals surface area contributed by atoms with E-state index in [9.17, 15) is 9.59 Å². The first-order chi connectivity index (χ1) is 7.75. The van der Waals surface area contributed by atoms with Crippen LogP contribution >= 0.6 is 0 Å². The number of nitrogens with one attached hydrogen (secondary N) is 1. The molecule has 0 aromatic heterocycles. The van der Waals surface area contributed by atoms with Crippen LogP contribution in [-0.4, -0.2) is 29.9 Å². The standard InChI is InChI=1S/C12H22N2O2/c1-2-3-6-9-13-12(16)14-10-7-4-5-8-11(14)15/h2-10H2,1H3,(H,13,16). The van der Waals surface area contributed by atoms with Crippen LogP contribution in [0, 0.1) is 0 Å². The van der Waals surface area contributed by atoms with E-state index in [1.54, 1.807) is 0 Å². The zero-order valence-electron chi connectivity index (χ0n) is 10.1. The third kappa shape index (κ3) is 4.21. The smallest absolute Gasteiger partial charge is 0.324 e. The van der Waals surface area contributed by atoms with Crippen LogP contribution in [0.25, 0.3) is 0 Å². The molecular formula is C12H22N2O2. The minimum Gasteiger partial charge on any atom is -0.338 e. The molecule has 0 unspecified atom stereocenters. The second kappa shape index (κ2) is 7.25. The number of urea groups is 1. The largest absolute Gasteiger partial charge is 0.338 e. The maximum Gasteiger partial charge on any atom is 0.324 e. The molecule has 0 spiro atoms. The number of carbonyl (C=O) groups excluding carboxylic acids is 2. The fourth-order valence-corrected chi connectivity index (χ4v) is 1.86. The lowest BCUT2D eigenvalue weighted by atomic mass is 10.2.